The van der Waals surface area contributed by atoms with E-state index in [0.29, 0.717) is 5.82 Å². The van der Waals surface area contributed by atoms with Crippen LogP contribution in [-0.2, 0) is 0 Å². The molecular formula is C16H14N2. The number of aromatic amines is 1. The Labute approximate surface area is 106 Å². The van der Waals surface area contributed by atoms with Crippen molar-refractivity contribution in [1.82, 2.24) is 4.98 Å². The number of hydrogen-bond donors (Lipinski definition) is 2. The first-order valence-electron chi connectivity index (χ1n) is 5.94. The second-order valence-corrected chi connectivity index (χ2v) is 4.24. The van der Waals surface area contributed by atoms with E-state index in [-0.39, 0.29) is 0 Å². The number of anilines is 1. The van der Waals surface area contributed by atoms with Crippen LogP contribution in [0.5, 0.6) is 0 Å². The molecule has 0 aliphatic rings. The first kappa shape index (κ1) is 10.7. The van der Waals surface area contributed by atoms with Gasteiger partial charge in [0.1, 0.15) is 5.82 Å². The van der Waals surface area contributed by atoms with Crippen molar-refractivity contribution in [3.8, 4) is 22.4 Å². The lowest BCUT2D eigenvalue weighted by atomic mass is 10.1. The van der Waals surface area contributed by atoms with Gasteiger partial charge in [-0.2, -0.15) is 0 Å². The fraction of sp³-hybridized carbons (Fsp3) is 0. The fourth-order valence-electron chi connectivity index (χ4n) is 2.10. The normalized spacial score (nSPS) is 10.4. The molecule has 0 fully saturated rings. The molecule has 2 nitrogen and oxygen atoms in total. The maximum atomic E-state index is 6.06. The van der Waals surface area contributed by atoms with Crippen LogP contribution in [0.1, 0.15) is 0 Å². The molecule has 0 saturated carbocycles. The molecule has 0 atom stereocenters. The largest absolute Gasteiger partial charge is 0.385 e. The van der Waals surface area contributed by atoms with Crippen LogP contribution in [0.4, 0.5) is 5.82 Å². The minimum atomic E-state index is 0.708. The zero-order chi connectivity index (χ0) is 12.4. The van der Waals surface area contributed by atoms with Gasteiger partial charge < -0.3 is 10.7 Å². The molecular weight excluding hydrogens is 220 g/mol. The second-order valence-electron chi connectivity index (χ2n) is 4.24. The highest BCUT2D eigenvalue weighted by atomic mass is 14.9. The maximum absolute atomic E-state index is 6.06. The maximum Gasteiger partial charge on any atom is 0.109 e. The summed E-state index contributed by atoms with van der Waals surface area (Å²) in [6.07, 6.45) is 0. The van der Waals surface area contributed by atoms with Gasteiger partial charge in [0, 0.05) is 11.3 Å². The number of aromatic nitrogens is 1. The molecule has 88 valence electrons. The van der Waals surface area contributed by atoms with Gasteiger partial charge in [-0.3, -0.25) is 0 Å². The molecule has 3 aromatic rings. The Bertz CT molecular complexity index is 639. The van der Waals surface area contributed by atoms with E-state index < -0.39 is 0 Å². The van der Waals surface area contributed by atoms with Crippen molar-refractivity contribution in [3.63, 3.8) is 0 Å². The summed E-state index contributed by atoms with van der Waals surface area (Å²) in [6, 6.07) is 22.5. The molecule has 3 rings (SSSR count). The summed E-state index contributed by atoms with van der Waals surface area (Å²) in [5.41, 5.74) is 10.4. The van der Waals surface area contributed by atoms with E-state index in [0.717, 1.165) is 22.4 Å². The Morgan fingerprint density at radius 3 is 1.89 bits per heavy atom. The van der Waals surface area contributed by atoms with Gasteiger partial charge in [0.05, 0.1) is 0 Å². The van der Waals surface area contributed by atoms with E-state index in [4.69, 9.17) is 5.73 Å². The predicted octanol–water partition coefficient (Wildman–Crippen LogP) is 3.93. The Hall–Kier alpha value is -2.48. The van der Waals surface area contributed by atoms with E-state index >= 15 is 0 Å². The van der Waals surface area contributed by atoms with Crippen molar-refractivity contribution in [2.45, 2.75) is 0 Å². The molecule has 2 heteroatoms. The zero-order valence-electron chi connectivity index (χ0n) is 9.93. The third-order valence-corrected chi connectivity index (χ3v) is 3.02. The highest BCUT2D eigenvalue weighted by Gasteiger charge is 2.08. The van der Waals surface area contributed by atoms with E-state index in [9.17, 15) is 0 Å². The summed E-state index contributed by atoms with van der Waals surface area (Å²) in [5, 5.41) is 0. The number of nitrogen functional groups attached to an aromatic ring is 1. The van der Waals surface area contributed by atoms with E-state index in [2.05, 4.69) is 35.3 Å². The highest BCUT2D eigenvalue weighted by Crippen LogP contribution is 2.30. The van der Waals surface area contributed by atoms with E-state index in [1.54, 1.807) is 0 Å². The molecule has 18 heavy (non-hydrogen) atoms. The molecule has 0 aliphatic carbocycles. The second kappa shape index (κ2) is 4.41. The predicted molar refractivity (Wildman–Crippen MR) is 76.1 cm³/mol. The van der Waals surface area contributed by atoms with Crippen molar-refractivity contribution in [1.29, 1.82) is 0 Å². The highest BCUT2D eigenvalue weighted by molar-refractivity contribution is 5.80. The smallest absolute Gasteiger partial charge is 0.109 e. The molecule has 0 bridgehead atoms. The monoisotopic (exact) mass is 234 g/mol. The van der Waals surface area contributed by atoms with Crippen molar-refractivity contribution in [2.24, 2.45) is 0 Å². The Morgan fingerprint density at radius 1 is 0.722 bits per heavy atom. The third-order valence-electron chi connectivity index (χ3n) is 3.02. The van der Waals surface area contributed by atoms with Gasteiger partial charge in [-0.05, 0) is 17.2 Å². The van der Waals surface area contributed by atoms with Gasteiger partial charge in [-0.1, -0.05) is 60.7 Å². The summed E-state index contributed by atoms with van der Waals surface area (Å²) in [4.78, 5) is 3.24. The summed E-state index contributed by atoms with van der Waals surface area (Å²) in [6.45, 7) is 0. The first-order chi connectivity index (χ1) is 8.84. The van der Waals surface area contributed by atoms with Crippen LogP contribution in [0.15, 0.2) is 66.7 Å². The van der Waals surface area contributed by atoms with Gasteiger partial charge in [0.2, 0.25) is 0 Å². The van der Waals surface area contributed by atoms with Gasteiger partial charge >= 0.3 is 0 Å². The molecule has 0 radical (unpaired) electrons. The third kappa shape index (κ3) is 1.89. The number of benzene rings is 2. The van der Waals surface area contributed by atoms with Crippen molar-refractivity contribution < 1.29 is 0 Å². The molecule has 1 heterocycles. The van der Waals surface area contributed by atoms with Crippen LogP contribution in [-0.4, -0.2) is 4.98 Å². The molecule has 3 N–H and O–H groups in total. The Morgan fingerprint density at radius 2 is 1.28 bits per heavy atom. The van der Waals surface area contributed by atoms with Gasteiger partial charge in [-0.25, -0.2) is 0 Å². The lowest BCUT2D eigenvalue weighted by Crippen LogP contribution is -1.87. The van der Waals surface area contributed by atoms with Crippen molar-refractivity contribution >= 4 is 5.82 Å². The SMILES string of the molecule is Nc1[nH]c(-c2ccccc2)cc1-c1ccccc1. The number of rotatable bonds is 2. The minimum absolute atomic E-state index is 0.708. The average molecular weight is 234 g/mol. The number of H-pyrrole nitrogens is 1. The van der Waals surface area contributed by atoms with Crippen LogP contribution in [0.3, 0.4) is 0 Å². The fourth-order valence-corrected chi connectivity index (χ4v) is 2.10. The van der Waals surface area contributed by atoms with Crippen LogP contribution in [0.2, 0.25) is 0 Å². The van der Waals surface area contributed by atoms with Crippen LogP contribution in [0.25, 0.3) is 22.4 Å². The lowest BCUT2D eigenvalue weighted by molar-refractivity contribution is 1.40. The Balaban J connectivity index is 2.07. The number of nitrogens with two attached hydrogens (primary N) is 1. The molecule has 0 spiro atoms. The summed E-state index contributed by atoms with van der Waals surface area (Å²) in [5.74, 6) is 0.708. The molecule has 2 aromatic carbocycles. The zero-order valence-corrected chi connectivity index (χ0v) is 9.93. The molecule has 0 aliphatic heterocycles. The van der Waals surface area contributed by atoms with Gasteiger partial charge in [0.25, 0.3) is 0 Å². The van der Waals surface area contributed by atoms with Gasteiger partial charge in [-0.15, -0.1) is 0 Å². The van der Waals surface area contributed by atoms with E-state index in [1.807, 2.05) is 36.4 Å². The minimum Gasteiger partial charge on any atom is -0.385 e. The summed E-state index contributed by atoms with van der Waals surface area (Å²) >= 11 is 0. The molecule has 0 unspecified atom stereocenters. The standard InChI is InChI=1S/C16H14N2/c17-16-14(12-7-3-1-4-8-12)11-15(18-16)13-9-5-2-6-10-13/h1-11,18H,17H2. The Kier molecular flexibility index (Phi) is 2.61. The first-order valence-corrected chi connectivity index (χ1v) is 5.94. The van der Waals surface area contributed by atoms with Crippen molar-refractivity contribution in [3.05, 3.63) is 66.7 Å². The lowest BCUT2D eigenvalue weighted by Gasteiger charge is -1.97. The molecule has 1 aromatic heterocycles. The molecule has 0 saturated heterocycles. The summed E-state index contributed by atoms with van der Waals surface area (Å²) in [7, 11) is 0. The van der Waals surface area contributed by atoms with Crippen LogP contribution < -0.4 is 5.73 Å². The quantitative estimate of drug-likeness (QED) is 0.693. The van der Waals surface area contributed by atoms with Crippen LogP contribution in [0, 0.1) is 0 Å². The van der Waals surface area contributed by atoms with E-state index in [1.165, 1.54) is 0 Å². The summed E-state index contributed by atoms with van der Waals surface area (Å²) < 4.78 is 0. The van der Waals surface area contributed by atoms with Crippen LogP contribution >= 0.6 is 0 Å². The van der Waals surface area contributed by atoms with Gasteiger partial charge in [0.15, 0.2) is 0 Å². The average Bonchev–Trinajstić information content (AvgIpc) is 2.83. The molecule has 0 amide bonds. The number of nitrogens with one attached hydrogen (secondary N) is 1. The topological polar surface area (TPSA) is 41.8 Å². The van der Waals surface area contributed by atoms with Crippen molar-refractivity contribution in [2.75, 3.05) is 5.73 Å². The number of hydrogen-bond acceptors (Lipinski definition) is 1.